The Kier molecular flexibility index (Phi) is 9.30. The van der Waals surface area contributed by atoms with Crippen LogP contribution in [-0.4, -0.2) is 78.9 Å². The van der Waals surface area contributed by atoms with Crippen molar-refractivity contribution >= 4 is 52.2 Å². The van der Waals surface area contributed by atoms with Gasteiger partial charge in [-0.15, -0.1) is 0 Å². The molecule has 0 radical (unpaired) electrons. The van der Waals surface area contributed by atoms with Gasteiger partial charge in [-0.3, -0.25) is 9.59 Å². The lowest BCUT2D eigenvalue weighted by Gasteiger charge is -2.30. The fourth-order valence-electron chi connectivity index (χ4n) is 5.03. The summed E-state index contributed by atoms with van der Waals surface area (Å²) in [6, 6.07) is 7.49. The Bertz CT molecular complexity index is 1440. The van der Waals surface area contributed by atoms with Crippen molar-refractivity contribution in [3.05, 3.63) is 64.8 Å². The number of aliphatic hydroxyl groups excluding tert-OH is 1. The minimum atomic E-state index is -0.755. The summed E-state index contributed by atoms with van der Waals surface area (Å²) in [5.41, 5.74) is 1.63. The van der Waals surface area contributed by atoms with Gasteiger partial charge in [0.1, 0.15) is 22.7 Å². The van der Waals surface area contributed by atoms with E-state index in [1.807, 2.05) is 4.90 Å². The van der Waals surface area contributed by atoms with Crippen LogP contribution in [0.3, 0.4) is 0 Å². The molecule has 11 nitrogen and oxygen atoms in total. The van der Waals surface area contributed by atoms with E-state index in [-0.39, 0.29) is 41.6 Å². The maximum Gasteiger partial charge on any atom is 0.253 e. The van der Waals surface area contributed by atoms with Gasteiger partial charge in [0.2, 0.25) is 11.9 Å². The molecule has 42 heavy (non-hydrogen) atoms. The lowest BCUT2D eigenvalue weighted by atomic mass is 10.1. The molecule has 2 amide bonds. The van der Waals surface area contributed by atoms with Crippen LogP contribution < -0.4 is 25.8 Å². The van der Waals surface area contributed by atoms with Crippen molar-refractivity contribution in [2.75, 3.05) is 66.4 Å². The summed E-state index contributed by atoms with van der Waals surface area (Å²) in [6.45, 7) is 2.70. The summed E-state index contributed by atoms with van der Waals surface area (Å²) in [7, 11) is 0. The number of aliphatic hydroxyl groups is 1. The Hall–Kier alpha value is -4.07. The molecular formula is C28H30ClF2N7O4. The summed E-state index contributed by atoms with van der Waals surface area (Å²) in [5, 5.41) is 17.7. The normalized spacial score (nSPS) is 16.8. The third-order valence-electron chi connectivity index (χ3n) is 6.93. The average molecular weight is 602 g/mol. The van der Waals surface area contributed by atoms with E-state index in [0.717, 1.165) is 18.2 Å². The van der Waals surface area contributed by atoms with Gasteiger partial charge in [0, 0.05) is 49.3 Å². The second-order valence-electron chi connectivity index (χ2n) is 9.80. The molecule has 2 aliphatic rings. The highest BCUT2D eigenvalue weighted by molar-refractivity contribution is 6.33. The lowest BCUT2D eigenvalue weighted by molar-refractivity contribution is -0.117. The Morgan fingerprint density at radius 2 is 1.83 bits per heavy atom. The Morgan fingerprint density at radius 1 is 1.07 bits per heavy atom. The van der Waals surface area contributed by atoms with E-state index < -0.39 is 17.7 Å². The summed E-state index contributed by atoms with van der Waals surface area (Å²) in [6.07, 6.45) is 2.58. The van der Waals surface area contributed by atoms with Gasteiger partial charge in [0.15, 0.2) is 5.82 Å². The SMILES string of the molecule is O=C(NCCO)c1cc(NC(=O)[C@@H]2CCCN2c2nc(Nc3cc(F)cc(F)c3)ncc2Cl)ccc1N1CCOCC1. The van der Waals surface area contributed by atoms with Crippen molar-refractivity contribution in [1.29, 1.82) is 0 Å². The van der Waals surface area contributed by atoms with Crippen LogP contribution in [0.2, 0.25) is 5.02 Å². The second kappa shape index (κ2) is 13.3. The monoisotopic (exact) mass is 601 g/mol. The number of anilines is 5. The van der Waals surface area contributed by atoms with Crippen LogP contribution in [0.5, 0.6) is 0 Å². The molecule has 0 bridgehead atoms. The summed E-state index contributed by atoms with van der Waals surface area (Å²) in [5.74, 6) is -1.83. The van der Waals surface area contributed by atoms with E-state index in [1.54, 1.807) is 23.1 Å². The van der Waals surface area contributed by atoms with Gasteiger partial charge in [-0.25, -0.2) is 13.8 Å². The van der Waals surface area contributed by atoms with Crippen molar-refractivity contribution in [3.8, 4) is 0 Å². The number of aromatic nitrogens is 2. The quantitative estimate of drug-likeness (QED) is 0.292. The number of carbonyl (C=O) groups is 2. The standard InChI is InChI=1S/C28H30ClF2N7O4/c29-22-16-33-28(35-20-13-17(30)12-18(31)14-20)36-25(22)38-6-1-2-24(38)27(41)34-19-3-4-23(37-7-10-42-11-8-37)21(15-19)26(40)32-5-9-39/h3-4,12-16,24,39H,1-2,5-11H2,(H,32,40)(H,34,41)(H,33,35,36)/t24-/m0/s1. The van der Waals surface area contributed by atoms with Crippen LogP contribution >= 0.6 is 11.6 Å². The van der Waals surface area contributed by atoms with Crippen LogP contribution in [0, 0.1) is 11.6 Å². The first-order chi connectivity index (χ1) is 20.3. The Morgan fingerprint density at radius 3 is 2.57 bits per heavy atom. The first-order valence-corrected chi connectivity index (χ1v) is 13.9. The number of ether oxygens (including phenoxy) is 1. The molecule has 5 rings (SSSR count). The zero-order valence-electron chi connectivity index (χ0n) is 22.6. The number of hydrogen-bond donors (Lipinski definition) is 4. The average Bonchev–Trinajstić information content (AvgIpc) is 3.47. The number of hydrogen-bond acceptors (Lipinski definition) is 9. The summed E-state index contributed by atoms with van der Waals surface area (Å²) < 4.78 is 32.7. The fraction of sp³-hybridized carbons (Fsp3) is 0.357. The van der Waals surface area contributed by atoms with E-state index in [4.69, 9.17) is 16.3 Å². The van der Waals surface area contributed by atoms with E-state index in [2.05, 4.69) is 25.9 Å². The van der Waals surface area contributed by atoms with Crippen molar-refractivity contribution in [2.45, 2.75) is 18.9 Å². The molecule has 4 N–H and O–H groups in total. The predicted octanol–water partition coefficient (Wildman–Crippen LogP) is 3.32. The summed E-state index contributed by atoms with van der Waals surface area (Å²) in [4.78, 5) is 38.8. The third kappa shape index (κ3) is 6.86. The van der Waals surface area contributed by atoms with Gasteiger partial charge in [-0.2, -0.15) is 4.98 Å². The summed E-state index contributed by atoms with van der Waals surface area (Å²) >= 11 is 6.43. The third-order valence-corrected chi connectivity index (χ3v) is 7.20. The van der Waals surface area contributed by atoms with Crippen LogP contribution in [-0.2, 0) is 9.53 Å². The maximum atomic E-state index is 13.6. The van der Waals surface area contributed by atoms with Gasteiger partial charge < -0.3 is 35.6 Å². The van der Waals surface area contributed by atoms with Crippen molar-refractivity contribution < 1.29 is 28.2 Å². The van der Waals surface area contributed by atoms with Gasteiger partial charge in [0.05, 0.1) is 31.6 Å². The van der Waals surface area contributed by atoms with Gasteiger partial charge in [0.25, 0.3) is 5.91 Å². The smallest absolute Gasteiger partial charge is 0.253 e. The second-order valence-corrected chi connectivity index (χ2v) is 10.2. The maximum absolute atomic E-state index is 13.6. The van der Waals surface area contributed by atoms with Gasteiger partial charge in [-0.1, -0.05) is 11.6 Å². The highest BCUT2D eigenvalue weighted by Crippen LogP contribution is 2.32. The highest BCUT2D eigenvalue weighted by Gasteiger charge is 2.33. The number of amides is 2. The number of nitrogens with one attached hydrogen (secondary N) is 3. The molecule has 3 heterocycles. The molecule has 2 fully saturated rings. The van der Waals surface area contributed by atoms with Crippen LogP contribution in [0.25, 0.3) is 0 Å². The molecule has 2 aliphatic heterocycles. The zero-order chi connectivity index (χ0) is 29.6. The number of halogens is 3. The molecule has 2 aromatic carbocycles. The highest BCUT2D eigenvalue weighted by atomic mass is 35.5. The molecular weight excluding hydrogens is 572 g/mol. The molecule has 0 saturated carbocycles. The fourth-order valence-corrected chi connectivity index (χ4v) is 5.23. The minimum absolute atomic E-state index is 0.0580. The van der Waals surface area contributed by atoms with Crippen molar-refractivity contribution in [1.82, 2.24) is 15.3 Å². The van der Waals surface area contributed by atoms with Crippen LogP contribution in [0.15, 0.2) is 42.6 Å². The molecule has 0 unspecified atom stereocenters. The van der Waals surface area contributed by atoms with Crippen LogP contribution in [0.4, 0.5) is 37.6 Å². The van der Waals surface area contributed by atoms with Crippen LogP contribution in [0.1, 0.15) is 23.2 Å². The number of morpholine rings is 1. The predicted molar refractivity (Wildman–Crippen MR) is 155 cm³/mol. The molecule has 2 saturated heterocycles. The topological polar surface area (TPSA) is 132 Å². The van der Waals surface area contributed by atoms with Gasteiger partial charge in [-0.05, 0) is 43.2 Å². The molecule has 0 spiro atoms. The Labute approximate surface area is 245 Å². The molecule has 0 aliphatic carbocycles. The molecule has 1 atom stereocenters. The van der Waals surface area contributed by atoms with Gasteiger partial charge >= 0.3 is 0 Å². The molecule has 222 valence electrons. The van der Waals surface area contributed by atoms with E-state index in [0.29, 0.717) is 68.4 Å². The minimum Gasteiger partial charge on any atom is -0.395 e. The number of rotatable bonds is 9. The first kappa shape index (κ1) is 29.4. The molecule has 3 aromatic rings. The first-order valence-electron chi connectivity index (χ1n) is 13.5. The lowest BCUT2D eigenvalue weighted by Crippen LogP contribution is -2.40. The molecule has 14 heteroatoms. The number of benzene rings is 2. The van der Waals surface area contributed by atoms with Crippen molar-refractivity contribution in [3.63, 3.8) is 0 Å². The van der Waals surface area contributed by atoms with Crippen molar-refractivity contribution in [2.24, 2.45) is 0 Å². The van der Waals surface area contributed by atoms with E-state index in [1.165, 1.54) is 6.20 Å². The van der Waals surface area contributed by atoms with E-state index >= 15 is 0 Å². The number of carbonyl (C=O) groups excluding carboxylic acids is 2. The number of nitrogens with zero attached hydrogens (tertiary/aromatic N) is 4. The molecule has 1 aromatic heterocycles. The van der Waals surface area contributed by atoms with E-state index in [9.17, 15) is 23.5 Å². The Balaban J connectivity index is 1.35. The largest absolute Gasteiger partial charge is 0.395 e. The zero-order valence-corrected chi connectivity index (χ0v) is 23.3.